The predicted molar refractivity (Wildman–Crippen MR) is 217 cm³/mol. The van der Waals surface area contributed by atoms with Gasteiger partial charge in [-0.05, 0) is 91.5 Å². The smallest absolute Gasteiger partial charge is 0.114 e. The fourth-order valence-corrected chi connectivity index (χ4v) is 14.7. The Kier molecular flexibility index (Phi) is 10.1. The summed E-state index contributed by atoms with van der Waals surface area (Å²) in [6.07, 6.45) is 18.8. The molecule has 0 saturated heterocycles. The van der Waals surface area contributed by atoms with Crippen LogP contribution < -0.4 is 5.19 Å². The summed E-state index contributed by atoms with van der Waals surface area (Å²) >= 11 is 5.28. The Balaban J connectivity index is 1.23. The molecule has 3 aromatic heterocycles. The molecule has 48 heavy (non-hydrogen) atoms. The Bertz CT molecular complexity index is 2000. The van der Waals surface area contributed by atoms with E-state index in [1.54, 1.807) is 16.3 Å². The van der Waals surface area contributed by atoms with E-state index in [1.807, 2.05) is 22.7 Å². The zero-order chi connectivity index (χ0) is 33.4. The van der Waals surface area contributed by atoms with E-state index in [-0.39, 0.29) is 0 Å². The van der Waals surface area contributed by atoms with Crippen LogP contribution in [0.25, 0.3) is 43.1 Å². The van der Waals surface area contributed by atoms with Crippen LogP contribution in [0.1, 0.15) is 104 Å². The summed E-state index contributed by atoms with van der Waals surface area (Å²) in [7, 11) is -1.64. The van der Waals surface area contributed by atoms with Gasteiger partial charge in [-0.3, -0.25) is 0 Å². The SMILES string of the molecule is CCCCCCc1cc(-c2ccc(-c3cc(CCCCCC)c(C4=CC=C5c6ccc(C)cc6[Si](C)(C)C5C4)s3)c3nsnc23)sc1C. The van der Waals surface area contributed by atoms with Crippen molar-refractivity contribution >= 4 is 69.8 Å². The number of thiophene rings is 2. The van der Waals surface area contributed by atoms with Gasteiger partial charge in [0.1, 0.15) is 11.0 Å². The fourth-order valence-electron chi connectivity index (χ4n) is 8.09. The lowest BCUT2D eigenvalue weighted by Crippen LogP contribution is -2.42. The number of aryl methyl sites for hydroxylation is 4. The highest BCUT2D eigenvalue weighted by Crippen LogP contribution is 2.52. The lowest BCUT2D eigenvalue weighted by molar-refractivity contribution is 0.666. The summed E-state index contributed by atoms with van der Waals surface area (Å²) in [5, 5.41) is 1.66. The van der Waals surface area contributed by atoms with Gasteiger partial charge in [-0.1, -0.05) is 119 Å². The highest BCUT2D eigenvalue weighted by Gasteiger charge is 2.45. The molecule has 2 nitrogen and oxygen atoms in total. The van der Waals surface area contributed by atoms with Crippen molar-refractivity contribution in [2.75, 3.05) is 0 Å². The van der Waals surface area contributed by atoms with Crippen molar-refractivity contribution in [3.05, 3.63) is 86.6 Å². The van der Waals surface area contributed by atoms with Gasteiger partial charge in [-0.25, -0.2) is 0 Å². The van der Waals surface area contributed by atoms with Crippen LogP contribution >= 0.6 is 34.4 Å². The van der Waals surface area contributed by atoms with Gasteiger partial charge >= 0.3 is 0 Å². The van der Waals surface area contributed by atoms with E-state index in [4.69, 9.17) is 8.75 Å². The summed E-state index contributed by atoms with van der Waals surface area (Å²) in [5.41, 5.74) is 14.3. The van der Waals surface area contributed by atoms with Crippen LogP contribution in [0.3, 0.4) is 0 Å². The second kappa shape index (κ2) is 14.3. The summed E-state index contributed by atoms with van der Waals surface area (Å²) in [5.74, 6) is 0. The molecule has 250 valence electrons. The lowest BCUT2D eigenvalue weighted by atomic mass is 9.90. The first-order valence-corrected chi connectivity index (χ1v) is 23.7. The molecule has 1 aliphatic heterocycles. The van der Waals surface area contributed by atoms with Gasteiger partial charge in [0, 0.05) is 30.6 Å². The summed E-state index contributed by atoms with van der Waals surface area (Å²) in [6, 6.07) is 16.8. The topological polar surface area (TPSA) is 25.8 Å². The monoisotopic (exact) mass is 706 g/mol. The molecule has 1 atom stereocenters. The molecule has 1 aliphatic carbocycles. The standard InChI is InChI=1S/C42H50N2S3Si/c1-7-9-11-13-15-29-24-36(45-28(29)4)34-21-22-35(41-40(34)43-47-44-41)37-25-30(16-14-12-10-8-2)42(46-37)31-18-20-33-32-19-17-27(3)23-38(32)48(5,6)39(33)26-31/h17-25,39H,7-16,26H2,1-6H3. The molecular formula is C42H50N2S3Si. The van der Waals surface area contributed by atoms with Crippen molar-refractivity contribution in [3.8, 4) is 20.9 Å². The van der Waals surface area contributed by atoms with Crippen molar-refractivity contribution in [1.29, 1.82) is 0 Å². The van der Waals surface area contributed by atoms with E-state index in [0.29, 0.717) is 5.54 Å². The van der Waals surface area contributed by atoms with Crippen LogP contribution in [0.4, 0.5) is 0 Å². The Labute approximate surface area is 301 Å². The van der Waals surface area contributed by atoms with Gasteiger partial charge in [0.05, 0.1) is 19.8 Å². The Morgan fingerprint density at radius 1 is 0.708 bits per heavy atom. The molecule has 4 heterocycles. The van der Waals surface area contributed by atoms with E-state index in [1.165, 1.54) is 122 Å². The third-order valence-corrected chi connectivity index (χ3v) is 18.0. The maximum absolute atomic E-state index is 4.93. The van der Waals surface area contributed by atoms with Gasteiger partial charge in [0.2, 0.25) is 0 Å². The van der Waals surface area contributed by atoms with Crippen LogP contribution in [-0.2, 0) is 12.8 Å². The molecule has 6 heteroatoms. The van der Waals surface area contributed by atoms with Crippen molar-refractivity contribution in [3.63, 3.8) is 0 Å². The summed E-state index contributed by atoms with van der Waals surface area (Å²) < 4.78 is 9.84. The number of hydrogen-bond donors (Lipinski definition) is 0. The minimum absolute atomic E-state index is 0.646. The maximum atomic E-state index is 4.93. The Morgan fingerprint density at radius 3 is 2.02 bits per heavy atom. The summed E-state index contributed by atoms with van der Waals surface area (Å²) in [6.45, 7) is 14.3. The minimum atomic E-state index is -1.64. The largest absolute Gasteiger partial charge is 0.172 e. The number of nitrogens with zero attached hydrogens (tertiary/aromatic N) is 2. The van der Waals surface area contributed by atoms with Gasteiger partial charge in [0.15, 0.2) is 0 Å². The molecule has 0 bridgehead atoms. The molecule has 0 N–H and O–H groups in total. The number of benzene rings is 2. The molecule has 2 aliphatic rings. The molecule has 0 fully saturated rings. The highest BCUT2D eigenvalue weighted by molar-refractivity contribution is 7.17. The third kappa shape index (κ3) is 6.39. The Morgan fingerprint density at radius 2 is 1.33 bits per heavy atom. The number of hydrogen-bond acceptors (Lipinski definition) is 5. The number of aromatic nitrogens is 2. The lowest BCUT2D eigenvalue weighted by Gasteiger charge is -2.30. The van der Waals surface area contributed by atoms with Crippen molar-refractivity contribution in [1.82, 2.24) is 8.75 Å². The molecule has 7 rings (SSSR count). The highest BCUT2D eigenvalue weighted by atomic mass is 32.1. The average molecular weight is 707 g/mol. The number of fused-ring (bicyclic) bond motifs is 4. The third-order valence-electron chi connectivity index (χ3n) is 11.0. The van der Waals surface area contributed by atoms with Crippen LogP contribution in [-0.4, -0.2) is 16.8 Å². The zero-order valence-electron chi connectivity index (χ0n) is 29.7. The first kappa shape index (κ1) is 33.8. The molecule has 5 aromatic rings. The fraction of sp³-hybridized carbons (Fsp3) is 0.429. The van der Waals surface area contributed by atoms with Crippen LogP contribution in [0.2, 0.25) is 18.6 Å². The number of allylic oxidation sites excluding steroid dienone is 4. The average Bonchev–Trinajstić information content (AvgIpc) is 3.86. The zero-order valence-corrected chi connectivity index (χ0v) is 33.1. The van der Waals surface area contributed by atoms with E-state index in [9.17, 15) is 0 Å². The Hall–Kier alpha value is -2.64. The van der Waals surface area contributed by atoms with Gasteiger partial charge in [-0.2, -0.15) is 8.75 Å². The number of unbranched alkanes of at least 4 members (excludes halogenated alkanes) is 6. The molecule has 2 aromatic carbocycles. The van der Waals surface area contributed by atoms with E-state index >= 15 is 0 Å². The molecule has 0 amide bonds. The second-order valence-corrected chi connectivity index (χ2v) is 22.3. The van der Waals surface area contributed by atoms with Gasteiger partial charge < -0.3 is 0 Å². The molecule has 1 unspecified atom stereocenters. The minimum Gasteiger partial charge on any atom is -0.172 e. The maximum Gasteiger partial charge on any atom is 0.114 e. The molecule has 0 saturated carbocycles. The second-order valence-electron chi connectivity index (χ2n) is 14.7. The quantitative estimate of drug-likeness (QED) is 0.0900. The van der Waals surface area contributed by atoms with Gasteiger partial charge in [-0.15, -0.1) is 22.7 Å². The van der Waals surface area contributed by atoms with Gasteiger partial charge in [0.25, 0.3) is 0 Å². The van der Waals surface area contributed by atoms with Crippen molar-refractivity contribution < 1.29 is 0 Å². The predicted octanol–water partition coefficient (Wildman–Crippen LogP) is 13.2. The van der Waals surface area contributed by atoms with E-state index in [0.717, 1.165) is 23.9 Å². The van der Waals surface area contributed by atoms with Crippen molar-refractivity contribution in [2.24, 2.45) is 0 Å². The molecule has 0 radical (unpaired) electrons. The van der Waals surface area contributed by atoms with Crippen LogP contribution in [0.5, 0.6) is 0 Å². The normalized spacial score (nSPS) is 16.7. The summed E-state index contributed by atoms with van der Waals surface area (Å²) in [4.78, 5) is 5.63. The van der Waals surface area contributed by atoms with Crippen molar-refractivity contribution in [2.45, 2.75) is 117 Å². The van der Waals surface area contributed by atoms with Crippen LogP contribution in [0.15, 0.2) is 54.6 Å². The number of rotatable bonds is 13. The van der Waals surface area contributed by atoms with E-state index < -0.39 is 8.07 Å². The first-order valence-electron chi connectivity index (χ1n) is 18.3. The first-order chi connectivity index (χ1) is 23.3. The van der Waals surface area contributed by atoms with E-state index in [2.05, 4.69) is 95.4 Å². The van der Waals surface area contributed by atoms with Crippen LogP contribution in [0, 0.1) is 13.8 Å². The molecular weight excluding hydrogens is 657 g/mol. The molecule has 0 spiro atoms.